The van der Waals surface area contributed by atoms with Crippen molar-refractivity contribution in [2.75, 3.05) is 13.2 Å². The maximum Gasteiger partial charge on any atom is 0.201 e. The van der Waals surface area contributed by atoms with Crippen molar-refractivity contribution in [1.29, 1.82) is 0 Å². The normalized spacial score (nSPS) is 36.2. The van der Waals surface area contributed by atoms with E-state index in [1.165, 1.54) is 0 Å². The van der Waals surface area contributed by atoms with E-state index in [1.807, 2.05) is 0 Å². The number of carbonyl (C=O) groups is 1. The van der Waals surface area contributed by atoms with Gasteiger partial charge in [-0.05, 0) is 13.8 Å². The third-order valence-corrected chi connectivity index (χ3v) is 2.33. The predicted octanol–water partition coefficient (Wildman–Crippen LogP) is -0.707. The van der Waals surface area contributed by atoms with Crippen molar-refractivity contribution >= 4 is 5.78 Å². The number of ether oxygens (including phenoxy) is 1. The highest BCUT2D eigenvalue weighted by Crippen LogP contribution is 2.38. The fourth-order valence-electron chi connectivity index (χ4n) is 1.01. The molecular weight excluding hydrogens is 148 g/mol. The van der Waals surface area contributed by atoms with Gasteiger partial charge in [0.1, 0.15) is 6.61 Å². The summed E-state index contributed by atoms with van der Waals surface area (Å²) in [4.78, 5) is 11.1. The highest BCUT2D eigenvalue weighted by Gasteiger charge is 2.54. The number of hydrogen-bond donors (Lipinski definition) is 2. The van der Waals surface area contributed by atoms with Gasteiger partial charge in [0.05, 0.1) is 12.0 Å². The van der Waals surface area contributed by atoms with Crippen LogP contribution in [-0.2, 0) is 9.53 Å². The molecule has 0 spiro atoms. The van der Waals surface area contributed by atoms with Crippen LogP contribution in [0.5, 0.6) is 0 Å². The van der Waals surface area contributed by atoms with Crippen molar-refractivity contribution in [2.24, 2.45) is 5.41 Å². The van der Waals surface area contributed by atoms with Crippen LogP contribution in [-0.4, -0.2) is 35.0 Å². The Morgan fingerprint density at radius 1 is 1.64 bits per heavy atom. The van der Waals surface area contributed by atoms with E-state index in [9.17, 15) is 9.90 Å². The Kier molecular flexibility index (Phi) is 1.78. The summed E-state index contributed by atoms with van der Waals surface area (Å²) in [7, 11) is 0. The van der Waals surface area contributed by atoms with Gasteiger partial charge < -0.3 is 14.9 Å². The molecule has 1 rings (SSSR count). The number of hydrogen-bond acceptors (Lipinski definition) is 4. The molecule has 1 heterocycles. The molecule has 2 N–H and O–H groups in total. The van der Waals surface area contributed by atoms with Gasteiger partial charge in [-0.15, -0.1) is 0 Å². The van der Waals surface area contributed by atoms with Crippen molar-refractivity contribution in [3.05, 3.63) is 0 Å². The van der Waals surface area contributed by atoms with Crippen LogP contribution in [0, 0.1) is 5.41 Å². The maximum atomic E-state index is 11.1. The molecule has 1 aliphatic heterocycles. The van der Waals surface area contributed by atoms with E-state index >= 15 is 0 Å². The largest absolute Gasteiger partial charge is 0.391 e. The molecule has 0 aromatic carbocycles. The molecule has 4 heteroatoms. The zero-order valence-corrected chi connectivity index (χ0v) is 6.63. The first-order chi connectivity index (χ1) is 4.94. The summed E-state index contributed by atoms with van der Waals surface area (Å²) < 4.78 is 4.77. The monoisotopic (exact) mass is 160 g/mol. The van der Waals surface area contributed by atoms with Gasteiger partial charge in [0.15, 0.2) is 5.78 Å². The van der Waals surface area contributed by atoms with Crippen LogP contribution in [0.2, 0.25) is 0 Å². The molecule has 1 saturated heterocycles. The minimum absolute atomic E-state index is 0.121. The minimum atomic E-state index is -1.69. The first kappa shape index (κ1) is 8.64. The van der Waals surface area contributed by atoms with Crippen LogP contribution in [0.25, 0.3) is 0 Å². The molecule has 64 valence electrons. The van der Waals surface area contributed by atoms with Gasteiger partial charge >= 0.3 is 0 Å². The second-order valence-corrected chi connectivity index (χ2v) is 3.28. The average Bonchev–Trinajstić information content (AvgIpc) is 2.15. The number of aliphatic hydroxyl groups is 2. The van der Waals surface area contributed by atoms with E-state index in [0.717, 1.165) is 0 Å². The van der Waals surface area contributed by atoms with Gasteiger partial charge in [0, 0.05) is 0 Å². The Hall–Kier alpha value is -0.450. The summed E-state index contributed by atoms with van der Waals surface area (Å²) in [5, 5.41) is 18.3. The average molecular weight is 160 g/mol. The Balaban J connectivity index is 2.95. The quantitative estimate of drug-likeness (QED) is 0.532. The lowest BCUT2D eigenvalue weighted by Crippen LogP contribution is -2.47. The van der Waals surface area contributed by atoms with Gasteiger partial charge in [-0.25, -0.2) is 0 Å². The topological polar surface area (TPSA) is 66.8 Å². The summed E-state index contributed by atoms with van der Waals surface area (Å²) in [6, 6.07) is 0. The van der Waals surface area contributed by atoms with Gasteiger partial charge in [-0.3, -0.25) is 4.79 Å². The SMILES string of the molecule is CC1(C)C(=O)COC1(O)CO. The van der Waals surface area contributed by atoms with Crippen molar-refractivity contribution in [2.45, 2.75) is 19.6 Å². The van der Waals surface area contributed by atoms with Gasteiger partial charge in [-0.1, -0.05) is 0 Å². The minimum Gasteiger partial charge on any atom is -0.391 e. The van der Waals surface area contributed by atoms with Gasteiger partial charge in [0.2, 0.25) is 5.79 Å². The smallest absolute Gasteiger partial charge is 0.201 e. The molecule has 1 fully saturated rings. The number of ketones is 1. The van der Waals surface area contributed by atoms with Crippen molar-refractivity contribution in [3.8, 4) is 0 Å². The lowest BCUT2D eigenvalue weighted by molar-refractivity contribution is -0.237. The third kappa shape index (κ3) is 0.982. The Labute approximate surface area is 64.8 Å². The molecule has 0 saturated carbocycles. The summed E-state index contributed by atoms with van der Waals surface area (Å²) >= 11 is 0. The lowest BCUT2D eigenvalue weighted by atomic mass is 9.82. The molecule has 0 amide bonds. The number of carbonyl (C=O) groups excluding carboxylic acids is 1. The van der Waals surface area contributed by atoms with E-state index in [-0.39, 0.29) is 12.4 Å². The van der Waals surface area contributed by atoms with E-state index in [0.29, 0.717) is 0 Å². The number of Topliss-reactive ketones (excluding diaryl/α,β-unsaturated/α-hetero) is 1. The standard InChI is InChI=1S/C7H12O4/c1-6(2)5(9)3-11-7(6,10)4-8/h8,10H,3-4H2,1-2H3. The Bertz CT molecular complexity index is 187. The first-order valence-electron chi connectivity index (χ1n) is 3.44. The lowest BCUT2D eigenvalue weighted by Gasteiger charge is -2.31. The predicted molar refractivity (Wildman–Crippen MR) is 36.8 cm³/mol. The highest BCUT2D eigenvalue weighted by molar-refractivity contribution is 5.88. The zero-order chi connectivity index (χ0) is 8.70. The van der Waals surface area contributed by atoms with Crippen molar-refractivity contribution in [1.82, 2.24) is 0 Å². The van der Waals surface area contributed by atoms with Crippen LogP contribution in [0.4, 0.5) is 0 Å². The van der Waals surface area contributed by atoms with Crippen LogP contribution in [0.1, 0.15) is 13.8 Å². The molecule has 1 atom stereocenters. The second-order valence-electron chi connectivity index (χ2n) is 3.28. The van der Waals surface area contributed by atoms with Crippen LogP contribution < -0.4 is 0 Å². The van der Waals surface area contributed by atoms with E-state index in [4.69, 9.17) is 9.84 Å². The van der Waals surface area contributed by atoms with Crippen molar-refractivity contribution < 1.29 is 19.7 Å². The summed E-state index contributed by atoms with van der Waals surface area (Å²) in [6.45, 7) is 2.44. The third-order valence-electron chi connectivity index (χ3n) is 2.33. The van der Waals surface area contributed by atoms with E-state index in [2.05, 4.69) is 0 Å². The maximum absolute atomic E-state index is 11.1. The fraction of sp³-hybridized carbons (Fsp3) is 0.857. The molecule has 0 radical (unpaired) electrons. The Morgan fingerprint density at radius 3 is 2.36 bits per heavy atom. The zero-order valence-electron chi connectivity index (χ0n) is 6.63. The van der Waals surface area contributed by atoms with Crippen LogP contribution in [0.3, 0.4) is 0 Å². The number of aliphatic hydroxyl groups excluding tert-OH is 1. The van der Waals surface area contributed by atoms with Gasteiger partial charge in [0.25, 0.3) is 0 Å². The molecule has 0 bridgehead atoms. The number of rotatable bonds is 1. The summed E-state index contributed by atoms with van der Waals surface area (Å²) in [6.07, 6.45) is 0. The molecule has 1 unspecified atom stereocenters. The Morgan fingerprint density at radius 2 is 2.18 bits per heavy atom. The molecule has 11 heavy (non-hydrogen) atoms. The summed E-state index contributed by atoms with van der Waals surface area (Å²) in [5.41, 5.74) is -0.998. The van der Waals surface area contributed by atoms with E-state index < -0.39 is 17.8 Å². The second kappa shape index (κ2) is 2.27. The first-order valence-corrected chi connectivity index (χ1v) is 3.44. The molecule has 0 aromatic rings. The van der Waals surface area contributed by atoms with E-state index in [1.54, 1.807) is 13.8 Å². The van der Waals surface area contributed by atoms with Crippen molar-refractivity contribution in [3.63, 3.8) is 0 Å². The van der Waals surface area contributed by atoms with Crippen LogP contribution >= 0.6 is 0 Å². The van der Waals surface area contributed by atoms with Crippen LogP contribution in [0.15, 0.2) is 0 Å². The molecule has 0 aromatic heterocycles. The van der Waals surface area contributed by atoms with Gasteiger partial charge in [-0.2, -0.15) is 0 Å². The summed E-state index contributed by atoms with van der Waals surface area (Å²) in [5.74, 6) is -1.88. The molecule has 1 aliphatic rings. The highest BCUT2D eigenvalue weighted by atomic mass is 16.6. The molecular formula is C7H12O4. The fourth-order valence-corrected chi connectivity index (χ4v) is 1.01. The molecule has 4 nitrogen and oxygen atoms in total. The molecule has 0 aliphatic carbocycles.